The standard InChI is InChI=1S/C21H26N5O3/c1-12-9-24(16-7-6-13(2)14(3)8-16)20-22-18-17(25(20)10-12)19(28)26(11-15(4)27)21(29)23(18)5/h6-8,12,17H,9-11H2,1-5H3/q+1. The maximum absolute atomic E-state index is 13.2. The van der Waals surface area contributed by atoms with Gasteiger partial charge in [0.25, 0.3) is 5.91 Å². The van der Waals surface area contributed by atoms with Crippen LogP contribution in [0, 0.1) is 19.8 Å². The molecule has 1 aromatic rings. The number of nitrogens with zero attached hydrogens (tertiary/aromatic N) is 5. The summed E-state index contributed by atoms with van der Waals surface area (Å²) in [4.78, 5) is 46.7. The number of benzene rings is 1. The van der Waals surface area contributed by atoms with Gasteiger partial charge in [-0.2, -0.15) is 0 Å². The van der Waals surface area contributed by atoms with Crippen molar-refractivity contribution in [2.24, 2.45) is 10.9 Å². The fourth-order valence-corrected chi connectivity index (χ4v) is 4.18. The minimum Gasteiger partial charge on any atom is -0.298 e. The summed E-state index contributed by atoms with van der Waals surface area (Å²) >= 11 is 0. The van der Waals surface area contributed by atoms with Gasteiger partial charge in [-0.25, -0.2) is 14.3 Å². The van der Waals surface area contributed by atoms with Gasteiger partial charge in [0, 0.05) is 13.0 Å². The molecule has 4 rings (SSSR count). The second-order valence-electron chi connectivity index (χ2n) is 8.28. The Bertz CT molecular complexity index is 996. The van der Waals surface area contributed by atoms with Gasteiger partial charge in [-0.05, 0) is 44.0 Å². The number of likely N-dealkylation sites (N-methyl/N-ethyl adjacent to an activating group) is 1. The van der Waals surface area contributed by atoms with Crippen LogP contribution in [0.3, 0.4) is 0 Å². The van der Waals surface area contributed by atoms with E-state index in [4.69, 9.17) is 4.99 Å². The number of guanidine groups is 1. The smallest absolute Gasteiger partial charge is 0.298 e. The first kappa shape index (κ1) is 19.3. The minimum atomic E-state index is -0.677. The van der Waals surface area contributed by atoms with Crippen LogP contribution in [0.4, 0.5) is 10.5 Å². The molecule has 2 atom stereocenters. The number of urea groups is 1. The molecule has 1 fully saturated rings. The van der Waals surface area contributed by atoms with Crippen molar-refractivity contribution in [3.63, 3.8) is 0 Å². The summed E-state index contributed by atoms with van der Waals surface area (Å²) in [7, 11) is 1.61. The molecule has 0 spiro atoms. The van der Waals surface area contributed by atoms with Gasteiger partial charge in [-0.3, -0.25) is 19.4 Å². The molecule has 1 aromatic carbocycles. The molecule has 3 heterocycles. The van der Waals surface area contributed by atoms with E-state index in [1.54, 1.807) is 7.05 Å². The number of carbonyl (C=O) groups is 3. The Hall–Kier alpha value is -3.03. The first-order valence-electron chi connectivity index (χ1n) is 9.84. The SMILES string of the molecule is CC(=O)CN1C(=O)C2C(=NC3=[N+]2CC(C)CN3c2ccc(C)c(C)c2)N(C)C1=O. The third-order valence-corrected chi connectivity index (χ3v) is 5.82. The van der Waals surface area contributed by atoms with Gasteiger partial charge >= 0.3 is 12.0 Å². The Balaban J connectivity index is 1.79. The third-order valence-electron chi connectivity index (χ3n) is 5.82. The average molecular weight is 396 g/mol. The van der Waals surface area contributed by atoms with Gasteiger partial charge in [0.15, 0.2) is 0 Å². The fraction of sp³-hybridized carbons (Fsp3) is 0.476. The monoisotopic (exact) mass is 396 g/mol. The first-order valence-corrected chi connectivity index (χ1v) is 9.84. The van der Waals surface area contributed by atoms with Crippen LogP contribution < -0.4 is 4.90 Å². The third kappa shape index (κ3) is 3.03. The highest BCUT2D eigenvalue weighted by molar-refractivity contribution is 6.24. The van der Waals surface area contributed by atoms with E-state index in [1.807, 2.05) is 4.58 Å². The molecular formula is C21H26N5O3+. The van der Waals surface area contributed by atoms with E-state index < -0.39 is 12.1 Å². The van der Waals surface area contributed by atoms with Crippen molar-refractivity contribution in [2.45, 2.75) is 33.7 Å². The molecule has 8 heteroatoms. The maximum atomic E-state index is 13.2. The zero-order valence-electron chi connectivity index (χ0n) is 17.5. The van der Waals surface area contributed by atoms with Crippen molar-refractivity contribution < 1.29 is 19.0 Å². The van der Waals surface area contributed by atoms with Crippen LogP contribution in [-0.4, -0.2) is 76.6 Å². The highest BCUT2D eigenvalue weighted by Gasteiger charge is 2.55. The zero-order chi connectivity index (χ0) is 21.0. The number of hydrogen-bond acceptors (Lipinski definition) is 5. The number of amides is 3. The predicted octanol–water partition coefficient (Wildman–Crippen LogP) is 1.39. The Kier molecular flexibility index (Phi) is 4.52. The highest BCUT2D eigenvalue weighted by atomic mass is 16.2. The van der Waals surface area contributed by atoms with Gasteiger partial charge in [-0.1, -0.05) is 18.0 Å². The molecule has 3 aliphatic rings. The van der Waals surface area contributed by atoms with Crippen LogP contribution >= 0.6 is 0 Å². The number of fused-ring (bicyclic) bond motifs is 2. The van der Waals surface area contributed by atoms with E-state index >= 15 is 0 Å². The van der Waals surface area contributed by atoms with Crippen molar-refractivity contribution in [3.05, 3.63) is 29.3 Å². The molecule has 29 heavy (non-hydrogen) atoms. The van der Waals surface area contributed by atoms with Crippen molar-refractivity contribution in [2.75, 3.05) is 31.6 Å². The Labute approximate surface area is 170 Å². The summed E-state index contributed by atoms with van der Waals surface area (Å²) < 4.78 is 1.97. The van der Waals surface area contributed by atoms with Crippen LogP contribution in [0.25, 0.3) is 0 Å². The first-order chi connectivity index (χ1) is 13.7. The van der Waals surface area contributed by atoms with Gasteiger partial charge in [-0.15, -0.1) is 0 Å². The summed E-state index contributed by atoms with van der Waals surface area (Å²) in [5, 5.41) is 0. The lowest BCUT2D eigenvalue weighted by molar-refractivity contribution is -0.545. The van der Waals surface area contributed by atoms with Gasteiger partial charge < -0.3 is 0 Å². The molecule has 3 aliphatic heterocycles. The van der Waals surface area contributed by atoms with Crippen LogP contribution in [0.1, 0.15) is 25.0 Å². The Morgan fingerprint density at radius 3 is 2.62 bits per heavy atom. The Morgan fingerprint density at radius 1 is 1.24 bits per heavy atom. The molecule has 2 unspecified atom stereocenters. The molecule has 0 saturated carbocycles. The molecule has 152 valence electrons. The van der Waals surface area contributed by atoms with E-state index in [2.05, 4.69) is 43.9 Å². The summed E-state index contributed by atoms with van der Waals surface area (Å²) in [5.74, 6) is 0.798. The lowest BCUT2D eigenvalue weighted by Crippen LogP contribution is -2.64. The molecule has 0 radical (unpaired) electrons. The van der Waals surface area contributed by atoms with E-state index in [-0.39, 0.29) is 18.2 Å². The van der Waals surface area contributed by atoms with E-state index in [1.165, 1.54) is 23.0 Å². The number of amidine groups is 1. The number of hydrogen-bond donors (Lipinski definition) is 0. The molecule has 1 saturated heterocycles. The summed E-state index contributed by atoms with van der Waals surface area (Å²) in [6.07, 6.45) is 0. The molecular weight excluding hydrogens is 370 g/mol. The van der Waals surface area contributed by atoms with Crippen molar-refractivity contribution >= 4 is 35.2 Å². The number of rotatable bonds is 3. The van der Waals surface area contributed by atoms with Crippen LogP contribution in [0.5, 0.6) is 0 Å². The van der Waals surface area contributed by atoms with Gasteiger partial charge in [0.1, 0.15) is 11.5 Å². The van der Waals surface area contributed by atoms with Crippen molar-refractivity contribution in [1.82, 2.24) is 9.80 Å². The second kappa shape index (κ2) is 6.79. The lowest BCUT2D eigenvalue weighted by atomic mass is 10.0. The Morgan fingerprint density at radius 2 is 1.97 bits per heavy atom. The summed E-state index contributed by atoms with van der Waals surface area (Å²) in [5.41, 5.74) is 3.42. The lowest BCUT2D eigenvalue weighted by Gasteiger charge is -2.35. The predicted molar refractivity (Wildman–Crippen MR) is 109 cm³/mol. The van der Waals surface area contributed by atoms with Crippen LogP contribution in [0.2, 0.25) is 0 Å². The zero-order valence-corrected chi connectivity index (χ0v) is 17.5. The quantitative estimate of drug-likeness (QED) is 0.724. The fourth-order valence-electron chi connectivity index (χ4n) is 4.18. The highest BCUT2D eigenvalue weighted by Crippen LogP contribution is 2.29. The number of ketones is 1. The van der Waals surface area contributed by atoms with Crippen LogP contribution in [0.15, 0.2) is 23.2 Å². The average Bonchev–Trinajstić information content (AvgIpc) is 3.04. The maximum Gasteiger partial charge on any atom is 0.397 e. The number of aliphatic imine (C=N–C) groups is 1. The largest absolute Gasteiger partial charge is 0.397 e. The topological polar surface area (TPSA) is 76.3 Å². The molecule has 0 N–H and O–H groups in total. The van der Waals surface area contributed by atoms with Crippen LogP contribution in [-0.2, 0) is 9.59 Å². The molecule has 8 nitrogen and oxygen atoms in total. The molecule has 0 bridgehead atoms. The summed E-state index contributed by atoms with van der Waals surface area (Å²) in [6, 6.07) is 5.08. The van der Waals surface area contributed by atoms with Gasteiger partial charge in [0.2, 0.25) is 11.9 Å². The molecule has 3 amide bonds. The number of carbonyl (C=O) groups excluding carboxylic acids is 3. The van der Waals surface area contributed by atoms with Crippen molar-refractivity contribution in [1.29, 1.82) is 0 Å². The minimum absolute atomic E-state index is 0.217. The van der Waals surface area contributed by atoms with E-state index in [9.17, 15) is 14.4 Å². The van der Waals surface area contributed by atoms with E-state index in [0.29, 0.717) is 24.3 Å². The van der Waals surface area contributed by atoms with Gasteiger partial charge in [0.05, 0.1) is 19.6 Å². The number of aryl methyl sites for hydroxylation is 2. The second-order valence-corrected chi connectivity index (χ2v) is 8.28. The number of imide groups is 1. The van der Waals surface area contributed by atoms with E-state index in [0.717, 1.165) is 17.1 Å². The normalized spacial score (nSPS) is 24.0. The number of Topliss-reactive ketones (excluding diaryl/α,β-unsaturated/α-hetero) is 1. The summed E-state index contributed by atoms with van der Waals surface area (Å²) in [6.45, 7) is 8.89. The number of anilines is 1. The molecule has 0 aliphatic carbocycles. The van der Waals surface area contributed by atoms with Crippen molar-refractivity contribution in [3.8, 4) is 0 Å². The molecule has 0 aromatic heterocycles.